The van der Waals surface area contributed by atoms with E-state index in [0.717, 1.165) is 25.7 Å². The van der Waals surface area contributed by atoms with Gasteiger partial charge in [0.2, 0.25) is 5.91 Å². The molecule has 3 unspecified atom stereocenters. The molecule has 0 aromatic rings. The van der Waals surface area contributed by atoms with Gasteiger partial charge in [-0.1, -0.05) is 12.8 Å². The van der Waals surface area contributed by atoms with Crippen molar-refractivity contribution < 1.29 is 18.3 Å². The van der Waals surface area contributed by atoms with Gasteiger partial charge in [-0.05, 0) is 19.3 Å². The molecular weight excluding hydrogens is 254 g/mol. The summed E-state index contributed by atoms with van der Waals surface area (Å²) in [5.41, 5.74) is 0. The number of aliphatic hydroxyl groups excluding tert-OH is 1. The predicted octanol–water partition coefficient (Wildman–Crippen LogP) is 0.0884. The van der Waals surface area contributed by atoms with Gasteiger partial charge in [-0.15, -0.1) is 0 Å². The molecule has 0 spiro atoms. The number of carbonyl (C=O) groups is 1. The largest absolute Gasteiger partial charge is 0.393 e. The highest BCUT2D eigenvalue weighted by molar-refractivity contribution is 7.91. The first-order valence-corrected chi connectivity index (χ1v) is 8.46. The fourth-order valence-electron chi connectivity index (χ4n) is 2.80. The third-order valence-corrected chi connectivity index (χ3v) is 5.78. The van der Waals surface area contributed by atoms with Gasteiger partial charge in [-0.25, -0.2) is 8.42 Å². The van der Waals surface area contributed by atoms with Crippen LogP contribution in [0.5, 0.6) is 0 Å². The molecule has 0 bridgehead atoms. The van der Waals surface area contributed by atoms with Crippen molar-refractivity contribution in [1.82, 2.24) is 5.32 Å². The summed E-state index contributed by atoms with van der Waals surface area (Å²) in [6.45, 7) is 0.469. The molecule has 1 saturated heterocycles. The van der Waals surface area contributed by atoms with E-state index in [4.69, 9.17) is 0 Å². The van der Waals surface area contributed by atoms with Crippen LogP contribution in [0.25, 0.3) is 0 Å². The van der Waals surface area contributed by atoms with E-state index in [1.807, 2.05) is 0 Å². The lowest BCUT2D eigenvalue weighted by molar-refractivity contribution is -0.124. The Kier molecular flexibility index (Phi) is 4.27. The molecule has 18 heavy (non-hydrogen) atoms. The van der Waals surface area contributed by atoms with Crippen molar-refractivity contribution in [2.24, 2.45) is 11.8 Å². The highest BCUT2D eigenvalue weighted by Gasteiger charge is 2.33. The van der Waals surface area contributed by atoms with Crippen LogP contribution in [0.2, 0.25) is 0 Å². The smallest absolute Gasteiger partial charge is 0.224 e. The third kappa shape index (κ3) is 3.45. The molecule has 2 N–H and O–H groups in total. The maximum atomic E-state index is 11.8. The van der Waals surface area contributed by atoms with E-state index < -0.39 is 15.8 Å². The third-order valence-electron chi connectivity index (χ3n) is 4.01. The molecule has 0 aromatic carbocycles. The highest BCUT2D eigenvalue weighted by Crippen LogP contribution is 2.24. The lowest BCUT2D eigenvalue weighted by atomic mass is 9.86. The van der Waals surface area contributed by atoms with Gasteiger partial charge in [0.15, 0.2) is 9.84 Å². The molecule has 1 amide bonds. The number of rotatable bonds is 3. The van der Waals surface area contributed by atoms with Crippen LogP contribution < -0.4 is 5.32 Å². The standard InChI is InChI=1S/C12H21NO4S/c14-11-4-2-1-3-9(11)7-13-12(15)10-5-6-18(16,17)8-10/h9-11,14H,1-8H2,(H,13,15). The molecule has 2 rings (SSSR count). The summed E-state index contributed by atoms with van der Waals surface area (Å²) in [5, 5.41) is 12.6. The fourth-order valence-corrected chi connectivity index (χ4v) is 4.55. The normalized spacial score (nSPS) is 35.3. The maximum Gasteiger partial charge on any atom is 0.224 e. The van der Waals surface area contributed by atoms with Gasteiger partial charge in [-0.3, -0.25) is 4.79 Å². The summed E-state index contributed by atoms with van der Waals surface area (Å²) in [7, 11) is -3.00. The summed E-state index contributed by atoms with van der Waals surface area (Å²) < 4.78 is 22.6. The molecule has 1 saturated carbocycles. The van der Waals surface area contributed by atoms with Crippen molar-refractivity contribution in [2.45, 2.75) is 38.2 Å². The van der Waals surface area contributed by atoms with Crippen LogP contribution >= 0.6 is 0 Å². The van der Waals surface area contributed by atoms with Gasteiger partial charge in [0, 0.05) is 12.5 Å². The van der Waals surface area contributed by atoms with Crippen LogP contribution in [0.4, 0.5) is 0 Å². The molecule has 1 heterocycles. The zero-order chi connectivity index (χ0) is 13.2. The highest BCUT2D eigenvalue weighted by atomic mass is 32.2. The molecule has 6 heteroatoms. The monoisotopic (exact) mass is 275 g/mol. The van der Waals surface area contributed by atoms with E-state index >= 15 is 0 Å². The van der Waals surface area contributed by atoms with E-state index in [1.165, 1.54) is 0 Å². The number of hydrogen-bond donors (Lipinski definition) is 2. The Bertz CT molecular complexity index is 406. The number of sulfone groups is 1. The summed E-state index contributed by atoms with van der Waals surface area (Å²) in [6.07, 6.45) is 3.98. The zero-order valence-corrected chi connectivity index (χ0v) is 11.3. The summed E-state index contributed by atoms with van der Waals surface area (Å²) >= 11 is 0. The van der Waals surface area contributed by atoms with Crippen LogP contribution in [0, 0.1) is 11.8 Å². The number of carbonyl (C=O) groups excluding carboxylic acids is 1. The molecule has 1 aliphatic heterocycles. The molecule has 1 aliphatic carbocycles. The summed E-state index contributed by atoms with van der Waals surface area (Å²) in [5.74, 6) is -0.339. The number of amides is 1. The Morgan fingerprint density at radius 1 is 1.22 bits per heavy atom. The average Bonchev–Trinajstić information content (AvgIpc) is 2.68. The minimum absolute atomic E-state index is 0.0218. The first-order chi connectivity index (χ1) is 8.48. The van der Waals surface area contributed by atoms with Gasteiger partial charge < -0.3 is 10.4 Å². The minimum atomic E-state index is -3.00. The van der Waals surface area contributed by atoms with Crippen molar-refractivity contribution in [3.63, 3.8) is 0 Å². The van der Waals surface area contributed by atoms with Crippen molar-refractivity contribution in [2.75, 3.05) is 18.1 Å². The molecule has 2 aliphatic rings. The van der Waals surface area contributed by atoms with Gasteiger partial charge >= 0.3 is 0 Å². The van der Waals surface area contributed by atoms with Gasteiger partial charge in [0.1, 0.15) is 0 Å². The molecule has 0 aromatic heterocycles. The van der Waals surface area contributed by atoms with Gasteiger partial charge in [0.05, 0.1) is 23.5 Å². The maximum absolute atomic E-state index is 11.8. The van der Waals surface area contributed by atoms with Crippen molar-refractivity contribution >= 4 is 15.7 Å². The van der Waals surface area contributed by atoms with Crippen LogP contribution in [0.3, 0.4) is 0 Å². The number of aliphatic hydroxyl groups is 1. The van der Waals surface area contributed by atoms with Crippen LogP contribution in [0.1, 0.15) is 32.1 Å². The van der Waals surface area contributed by atoms with Gasteiger partial charge in [-0.2, -0.15) is 0 Å². The fraction of sp³-hybridized carbons (Fsp3) is 0.917. The Morgan fingerprint density at radius 3 is 2.56 bits per heavy atom. The first-order valence-electron chi connectivity index (χ1n) is 6.64. The Hall–Kier alpha value is -0.620. The molecule has 104 valence electrons. The second-order valence-electron chi connectivity index (χ2n) is 5.46. The average molecular weight is 275 g/mol. The van der Waals surface area contributed by atoms with Gasteiger partial charge in [0.25, 0.3) is 0 Å². The number of nitrogens with one attached hydrogen (secondary N) is 1. The zero-order valence-electron chi connectivity index (χ0n) is 10.5. The second-order valence-corrected chi connectivity index (χ2v) is 7.69. The minimum Gasteiger partial charge on any atom is -0.393 e. The van der Waals surface area contributed by atoms with Crippen LogP contribution in [0.15, 0.2) is 0 Å². The Morgan fingerprint density at radius 2 is 1.94 bits per heavy atom. The van der Waals surface area contributed by atoms with E-state index in [9.17, 15) is 18.3 Å². The lowest BCUT2D eigenvalue weighted by Gasteiger charge is -2.27. The van der Waals surface area contributed by atoms with E-state index in [-0.39, 0.29) is 29.4 Å². The van der Waals surface area contributed by atoms with E-state index in [2.05, 4.69) is 5.32 Å². The molecule has 2 fully saturated rings. The van der Waals surface area contributed by atoms with E-state index in [0.29, 0.717) is 13.0 Å². The summed E-state index contributed by atoms with van der Waals surface area (Å²) in [6, 6.07) is 0. The Balaban J connectivity index is 1.78. The van der Waals surface area contributed by atoms with Crippen LogP contribution in [-0.4, -0.2) is 43.6 Å². The first kappa shape index (κ1) is 13.8. The molecule has 3 atom stereocenters. The molecular formula is C12H21NO4S. The van der Waals surface area contributed by atoms with Crippen molar-refractivity contribution in [3.8, 4) is 0 Å². The van der Waals surface area contributed by atoms with Crippen molar-refractivity contribution in [3.05, 3.63) is 0 Å². The second kappa shape index (κ2) is 5.57. The lowest BCUT2D eigenvalue weighted by Crippen LogP contribution is -2.39. The molecule has 0 radical (unpaired) electrons. The topological polar surface area (TPSA) is 83.5 Å². The number of hydrogen-bond acceptors (Lipinski definition) is 4. The Labute approximate surface area is 108 Å². The van der Waals surface area contributed by atoms with Crippen LogP contribution in [-0.2, 0) is 14.6 Å². The predicted molar refractivity (Wildman–Crippen MR) is 67.7 cm³/mol. The quantitative estimate of drug-likeness (QED) is 0.764. The summed E-state index contributed by atoms with van der Waals surface area (Å²) in [4.78, 5) is 11.8. The molecule has 5 nitrogen and oxygen atoms in total. The van der Waals surface area contributed by atoms with Crippen molar-refractivity contribution in [1.29, 1.82) is 0 Å². The van der Waals surface area contributed by atoms with E-state index in [1.54, 1.807) is 0 Å². The SMILES string of the molecule is O=C(NCC1CCCCC1O)C1CCS(=O)(=O)C1.